The van der Waals surface area contributed by atoms with E-state index >= 15 is 0 Å². The maximum Gasteiger partial charge on any atom is 0.115 e. The van der Waals surface area contributed by atoms with Gasteiger partial charge in [0, 0.05) is 18.9 Å². The molecule has 2 aliphatic rings. The normalized spacial score (nSPS) is 40.3. The fourth-order valence-corrected chi connectivity index (χ4v) is 3.81. The van der Waals surface area contributed by atoms with Gasteiger partial charge in [0.05, 0.1) is 5.60 Å². The zero-order chi connectivity index (χ0) is 10.0. The van der Waals surface area contributed by atoms with Gasteiger partial charge in [0.2, 0.25) is 0 Å². The van der Waals surface area contributed by atoms with E-state index in [2.05, 4.69) is 0 Å². The molecule has 3 unspecified atom stereocenters. The molecule has 2 aliphatic heterocycles. The van der Waals surface area contributed by atoms with Gasteiger partial charge < -0.3 is 10.5 Å². The van der Waals surface area contributed by atoms with Crippen LogP contribution in [0.2, 0.25) is 0 Å². The molecule has 0 aromatic heterocycles. The number of nitrogens with two attached hydrogens (primary N) is 1. The van der Waals surface area contributed by atoms with Gasteiger partial charge in [-0.1, -0.05) is 0 Å². The average Bonchev–Trinajstić information content (AvgIpc) is 2.65. The van der Waals surface area contributed by atoms with Crippen molar-refractivity contribution in [1.82, 2.24) is 0 Å². The predicted octanol–water partition coefficient (Wildman–Crippen LogP) is 1.59. The maximum absolute atomic E-state index is 13.5. The Labute approximate surface area is 88.8 Å². The summed E-state index contributed by atoms with van der Waals surface area (Å²) >= 11 is 1.92. The lowest BCUT2D eigenvalue weighted by Gasteiger charge is -2.38. The van der Waals surface area contributed by atoms with Gasteiger partial charge >= 0.3 is 0 Å². The van der Waals surface area contributed by atoms with Crippen LogP contribution in [0.5, 0.6) is 0 Å². The fourth-order valence-electron chi connectivity index (χ4n) is 2.43. The van der Waals surface area contributed by atoms with Crippen LogP contribution in [-0.4, -0.2) is 36.4 Å². The first-order valence-electron chi connectivity index (χ1n) is 5.32. The van der Waals surface area contributed by atoms with E-state index in [4.69, 9.17) is 10.5 Å². The summed E-state index contributed by atoms with van der Waals surface area (Å²) in [5.74, 6) is 2.33. The highest BCUT2D eigenvalue weighted by Gasteiger charge is 2.42. The lowest BCUT2D eigenvalue weighted by atomic mass is 9.83. The Morgan fingerprint density at radius 3 is 3.14 bits per heavy atom. The molecule has 0 aromatic rings. The second-order valence-electron chi connectivity index (χ2n) is 4.34. The van der Waals surface area contributed by atoms with E-state index in [0.717, 1.165) is 30.8 Å². The molecule has 0 bridgehead atoms. The number of hydrogen-bond donors (Lipinski definition) is 1. The van der Waals surface area contributed by atoms with Crippen molar-refractivity contribution >= 4 is 11.8 Å². The quantitative estimate of drug-likeness (QED) is 0.766. The molecule has 4 heteroatoms. The lowest BCUT2D eigenvalue weighted by molar-refractivity contribution is -0.0908. The van der Waals surface area contributed by atoms with Crippen LogP contribution in [0.25, 0.3) is 0 Å². The molecule has 0 aliphatic carbocycles. The zero-order valence-electron chi connectivity index (χ0n) is 8.38. The van der Waals surface area contributed by atoms with Crippen molar-refractivity contribution in [3.8, 4) is 0 Å². The van der Waals surface area contributed by atoms with Crippen molar-refractivity contribution < 1.29 is 9.13 Å². The number of alkyl halides is 1. The van der Waals surface area contributed by atoms with Crippen molar-refractivity contribution in [2.75, 3.05) is 24.7 Å². The largest absolute Gasteiger partial charge is 0.374 e. The van der Waals surface area contributed by atoms with E-state index in [9.17, 15) is 4.39 Å². The van der Waals surface area contributed by atoms with E-state index < -0.39 is 6.17 Å². The monoisotopic (exact) mass is 219 g/mol. The molecule has 82 valence electrons. The Morgan fingerprint density at radius 1 is 1.64 bits per heavy atom. The van der Waals surface area contributed by atoms with Crippen molar-refractivity contribution in [3.63, 3.8) is 0 Å². The van der Waals surface area contributed by atoms with Gasteiger partial charge in [0.25, 0.3) is 0 Å². The van der Waals surface area contributed by atoms with Crippen LogP contribution in [0, 0.1) is 5.92 Å². The van der Waals surface area contributed by atoms with Gasteiger partial charge in [-0.25, -0.2) is 4.39 Å². The van der Waals surface area contributed by atoms with Gasteiger partial charge in [-0.15, -0.1) is 0 Å². The van der Waals surface area contributed by atoms with Crippen LogP contribution in [-0.2, 0) is 4.74 Å². The van der Waals surface area contributed by atoms with Crippen LogP contribution in [0.15, 0.2) is 0 Å². The average molecular weight is 219 g/mol. The minimum atomic E-state index is -0.832. The molecule has 14 heavy (non-hydrogen) atoms. The molecule has 0 amide bonds. The maximum atomic E-state index is 13.5. The molecule has 0 aromatic carbocycles. The summed E-state index contributed by atoms with van der Waals surface area (Å²) in [6.45, 7) is 0.875. The van der Waals surface area contributed by atoms with Crippen molar-refractivity contribution in [1.29, 1.82) is 0 Å². The van der Waals surface area contributed by atoms with Crippen LogP contribution < -0.4 is 5.73 Å². The zero-order valence-corrected chi connectivity index (χ0v) is 9.19. The molecule has 3 atom stereocenters. The topological polar surface area (TPSA) is 35.2 Å². The lowest BCUT2D eigenvalue weighted by Crippen LogP contribution is -2.43. The first-order chi connectivity index (χ1) is 6.76. The van der Waals surface area contributed by atoms with Gasteiger partial charge in [-0.2, -0.15) is 11.8 Å². The van der Waals surface area contributed by atoms with Crippen LogP contribution in [0.3, 0.4) is 0 Å². The number of thioether (sulfide) groups is 1. The number of halogens is 1. The third-order valence-electron chi connectivity index (χ3n) is 3.33. The number of ether oxygens (including phenoxy) is 1. The second-order valence-corrected chi connectivity index (χ2v) is 5.44. The van der Waals surface area contributed by atoms with Crippen molar-refractivity contribution in [2.45, 2.75) is 31.0 Å². The summed E-state index contributed by atoms with van der Waals surface area (Å²) in [4.78, 5) is 0. The summed E-state index contributed by atoms with van der Waals surface area (Å²) in [5, 5.41) is 0. The van der Waals surface area contributed by atoms with Gasteiger partial charge in [0.1, 0.15) is 6.17 Å². The Kier molecular flexibility index (Phi) is 3.34. The van der Waals surface area contributed by atoms with Gasteiger partial charge in [0.15, 0.2) is 0 Å². The van der Waals surface area contributed by atoms with Crippen LogP contribution in [0.1, 0.15) is 19.3 Å². The first kappa shape index (κ1) is 10.7. The Morgan fingerprint density at radius 2 is 2.50 bits per heavy atom. The smallest absolute Gasteiger partial charge is 0.115 e. The number of hydrogen-bond acceptors (Lipinski definition) is 3. The predicted molar refractivity (Wildman–Crippen MR) is 57.3 cm³/mol. The van der Waals surface area contributed by atoms with Gasteiger partial charge in [-0.05, 0) is 30.9 Å². The molecule has 0 saturated carbocycles. The molecule has 2 nitrogen and oxygen atoms in total. The van der Waals surface area contributed by atoms with Gasteiger partial charge in [-0.3, -0.25) is 0 Å². The second kappa shape index (κ2) is 4.37. The van der Waals surface area contributed by atoms with E-state index in [0.29, 0.717) is 6.61 Å². The summed E-state index contributed by atoms with van der Waals surface area (Å²) in [6.07, 6.45) is 1.97. The molecule has 2 rings (SSSR count). The van der Waals surface area contributed by atoms with Crippen LogP contribution >= 0.6 is 11.8 Å². The third kappa shape index (κ3) is 2.07. The van der Waals surface area contributed by atoms with Crippen molar-refractivity contribution in [2.24, 2.45) is 11.7 Å². The fraction of sp³-hybridized carbons (Fsp3) is 1.00. The molecule has 2 heterocycles. The molecule has 1 spiro atoms. The molecular formula is C10H18FNOS. The van der Waals surface area contributed by atoms with E-state index in [-0.39, 0.29) is 18.1 Å². The van der Waals surface area contributed by atoms with Crippen LogP contribution in [0.4, 0.5) is 4.39 Å². The van der Waals surface area contributed by atoms with E-state index in [1.54, 1.807) is 0 Å². The molecule has 0 radical (unpaired) electrons. The standard InChI is InChI=1S/C10H18FNOS/c11-9(6-12)8-1-3-13-10(5-8)2-4-14-7-10/h8-9H,1-7,12H2. The summed E-state index contributed by atoms with van der Waals surface area (Å²) in [5.41, 5.74) is 5.36. The summed E-state index contributed by atoms with van der Waals surface area (Å²) in [6, 6.07) is 0. The van der Waals surface area contributed by atoms with E-state index in [1.807, 2.05) is 11.8 Å². The van der Waals surface area contributed by atoms with Crippen molar-refractivity contribution in [3.05, 3.63) is 0 Å². The minimum Gasteiger partial charge on any atom is -0.374 e. The molecule has 2 N–H and O–H groups in total. The van der Waals surface area contributed by atoms with E-state index in [1.165, 1.54) is 0 Å². The highest BCUT2D eigenvalue weighted by Crippen LogP contribution is 2.41. The summed E-state index contributed by atoms with van der Waals surface area (Å²) < 4.78 is 19.3. The Balaban J connectivity index is 1.96. The molecular weight excluding hydrogens is 201 g/mol. The minimum absolute atomic E-state index is 0.00685. The Bertz CT molecular complexity index is 197. The molecule has 2 fully saturated rings. The highest BCUT2D eigenvalue weighted by atomic mass is 32.2. The SMILES string of the molecule is NCC(F)C1CCOC2(CCSC2)C1. The molecule has 2 saturated heterocycles. The highest BCUT2D eigenvalue weighted by molar-refractivity contribution is 7.99. The Hall–Kier alpha value is 0.200. The third-order valence-corrected chi connectivity index (χ3v) is 4.56. The summed E-state index contributed by atoms with van der Waals surface area (Å²) in [7, 11) is 0. The first-order valence-corrected chi connectivity index (χ1v) is 6.47. The number of rotatable bonds is 2.